The Kier molecular flexibility index (Phi) is 10.1. The maximum Gasteiger partial charge on any atom is 0.420 e. The third kappa shape index (κ3) is 8.56. The molecule has 1 saturated heterocycles. The lowest BCUT2D eigenvalue weighted by Gasteiger charge is -2.40. The summed E-state index contributed by atoms with van der Waals surface area (Å²) in [6, 6.07) is 18.3. The van der Waals surface area contributed by atoms with Crippen molar-refractivity contribution < 1.29 is 23.8 Å². The number of allylic oxidation sites excluding steroid dienone is 2. The Morgan fingerprint density at radius 1 is 0.840 bits per heavy atom. The van der Waals surface area contributed by atoms with E-state index in [4.69, 9.17) is 14.2 Å². The lowest BCUT2D eigenvalue weighted by atomic mass is 9.78. The minimum atomic E-state index is -0.666. The number of ether oxygens (including phenoxy) is 3. The molecule has 0 amide bonds. The number of pyridine rings is 1. The molecule has 3 heterocycles. The summed E-state index contributed by atoms with van der Waals surface area (Å²) < 4.78 is 19.0. The van der Waals surface area contributed by atoms with E-state index in [0.29, 0.717) is 39.9 Å². The molecule has 2 aliphatic rings. The van der Waals surface area contributed by atoms with Crippen LogP contribution in [0.25, 0.3) is 11.0 Å². The van der Waals surface area contributed by atoms with Gasteiger partial charge in [-0.05, 0) is 103 Å². The average molecular weight is 679 g/mol. The highest BCUT2D eigenvalue weighted by Gasteiger charge is 2.29. The summed E-state index contributed by atoms with van der Waals surface area (Å²) in [5.41, 5.74) is 3.21. The standard InChI is InChI=1S/C41H50N4O5/c1-28-12-14-29(15-13-28)34-11-9-8-10-31(34)27-43-20-22-44(23-21-43)32-16-17-35(38(46)49-40(2,3)4)36(25-32)48-33-24-30-18-19-45(37(30)42-26-33)39(47)50-41(5,6)7/h8-9,12-19,24-26,31,34H,10-11,20-23,27H2,1-7H3. The molecule has 2 unspecified atom stereocenters. The summed E-state index contributed by atoms with van der Waals surface area (Å²) in [5, 5.41) is 0.706. The van der Waals surface area contributed by atoms with Gasteiger partial charge in [-0.15, -0.1) is 0 Å². The summed E-state index contributed by atoms with van der Waals surface area (Å²) in [7, 11) is 0. The highest BCUT2D eigenvalue weighted by Crippen LogP contribution is 2.37. The Labute approximate surface area is 295 Å². The van der Waals surface area contributed by atoms with Gasteiger partial charge < -0.3 is 19.1 Å². The number of rotatable bonds is 7. The molecule has 2 aromatic carbocycles. The van der Waals surface area contributed by atoms with Gasteiger partial charge in [0.2, 0.25) is 0 Å². The number of aromatic nitrogens is 2. The highest BCUT2D eigenvalue weighted by atomic mass is 16.6. The fraction of sp³-hybridized carbons (Fsp3) is 0.439. The number of carbonyl (C=O) groups is 2. The van der Waals surface area contributed by atoms with Crippen LogP contribution < -0.4 is 9.64 Å². The average Bonchev–Trinajstić information content (AvgIpc) is 3.48. The first-order valence-corrected chi connectivity index (χ1v) is 17.7. The minimum Gasteiger partial charge on any atom is -0.456 e. The third-order valence-corrected chi connectivity index (χ3v) is 9.20. The van der Waals surface area contributed by atoms with Crippen LogP contribution in [0.4, 0.5) is 10.5 Å². The Hall–Kier alpha value is -4.63. The summed E-state index contributed by atoms with van der Waals surface area (Å²) in [6.07, 6.45) is 9.58. The van der Waals surface area contributed by atoms with Crippen LogP contribution in [-0.4, -0.2) is 70.4 Å². The molecule has 2 aromatic heterocycles. The molecule has 1 aliphatic heterocycles. The maximum atomic E-state index is 13.3. The zero-order valence-corrected chi connectivity index (χ0v) is 30.4. The Balaban J connectivity index is 1.18. The summed E-state index contributed by atoms with van der Waals surface area (Å²) in [4.78, 5) is 35.6. The molecule has 0 N–H and O–H groups in total. The number of esters is 1. The fourth-order valence-corrected chi connectivity index (χ4v) is 6.75. The van der Waals surface area contributed by atoms with Crippen LogP contribution >= 0.6 is 0 Å². The van der Waals surface area contributed by atoms with Crippen LogP contribution in [0, 0.1) is 12.8 Å². The first-order valence-electron chi connectivity index (χ1n) is 17.7. The van der Waals surface area contributed by atoms with Gasteiger partial charge in [-0.25, -0.2) is 19.1 Å². The van der Waals surface area contributed by atoms with Crippen molar-refractivity contribution in [3.63, 3.8) is 0 Å². The third-order valence-electron chi connectivity index (χ3n) is 9.20. The largest absolute Gasteiger partial charge is 0.456 e. The van der Waals surface area contributed by atoms with Gasteiger partial charge in [0.25, 0.3) is 0 Å². The molecular weight excluding hydrogens is 628 g/mol. The van der Waals surface area contributed by atoms with E-state index in [1.165, 1.54) is 15.7 Å². The maximum absolute atomic E-state index is 13.3. The van der Waals surface area contributed by atoms with Gasteiger partial charge in [0, 0.05) is 56.1 Å². The number of nitrogens with zero attached hydrogens (tertiary/aromatic N) is 4. The first-order chi connectivity index (χ1) is 23.7. The number of anilines is 1. The monoisotopic (exact) mass is 678 g/mol. The Morgan fingerprint density at radius 3 is 2.24 bits per heavy atom. The Morgan fingerprint density at radius 2 is 1.54 bits per heavy atom. The fourth-order valence-electron chi connectivity index (χ4n) is 6.75. The van der Waals surface area contributed by atoms with Gasteiger partial charge in [-0.3, -0.25) is 4.90 Å². The van der Waals surface area contributed by atoms with Gasteiger partial charge in [0.15, 0.2) is 0 Å². The normalized spacial score (nSPS) is 18.7. The van der Waals surface area contributed by atoms with E-state index in [9.17, 15) is 9.59 Å². The molecule has 0 bridgehead atoms. The predicted molar refractivity (Wildman–Crippen MR) is 197 cm³/mol. The number of hydrogen-bond acceptors (Lipinski definition) is 8. The quantitative estimate of drug-likeness (QED) is 0.142. The molecule has 4 aromatic rings. The zero-order valence-electron chi connectivity index (χ0n) is 30.4. The SMILES string of the molecule is Cc1ccc(C2CC=CCC2CN2CCN(c3ccc(C(=O)OC(C)(C)C)c(Oc4cnc5c(ccn5C(=O)OC(C)(C)C)c4)c3)CC2)cc1. The minimum absolute atomic E-state index is 0.334. The molecule has 1 fully saturated rings. The lowest BCUT2D eigenvalue weighted by molar-refractivity contribution is 0.00668. The molecule has 0 radical (unpaired) electrons. The van der Waals surface area contributed by atoms with Crippen molar-refractivity contribution in [2.45, 2.75) is 78.4 Å². The van der Waals surface area contributed by atoms with E-state index in [1.54, 1.807) is 30.6 Å². The van der Waals surface area contributed by atoms with Gasteiger partial charge in [-0.2, -0.15) is 0 Å². The first kappa shape index (κ1) is 35.2. The molecule has 6 rings (SSSR count). The van der Waals surface area contributed by atoms with Crippen molar-refractivity contribution in [3.05, 3.63) is 95.8 Å². The number of fused-ring (bicyclic) bond motifs is 1. The molecule has 0 saturated carbocycles. The number of carbonyl (C=O) groups excluding carboxylic acids is 2. The second-order valence-electron chi connectivity index (χ2n) is 15.5. The number of piperazine rings is 1. The van der Waals surface area contributed by atoms with Gasteiger partial charge >= 0.3 is 12.1 Å². The lowest BCUT2D eigenvalue weighted by Crippen LogP contribution is -2.48. The van der Waals surface area contributed by atoms with E-state index in [1.807, 2.05) is 53.7 Å². The van der Waals surface area contributed by atoms with Crippen molar-refractivity contribution >= 4 is 28.8 Å². The predicted octanol–water partition coefficient (Wildman–Crippen LogP) is 8.75. The zero-order chi connectivity index (χ0) is 35.6. The molecule has 1 aliphatic carbocycles. The molecule has 50 heavy (non-hydrogen) atoms. The van der Waals surface area contributed by atoms with Crippen LogP contribution in [0.15, 0.2) is 79.1 Å². The van der Waals surface area contributed by atoms with E-state index in [0.717, 1.165) is 51.3 Å². The number of benzene rings is 2. The van der Waals surface area contributed by atoms with Crippen molar-refractivity contribution in [1.29, 1.82) is 0 Å². The van der Waals surface area contributed by atoms with Gasteiger partial charge in [-0.1, -0.05) is 42.0 Å². The molecular formula is C41H50N4O5. The summed E-state index contributed by atoms with van der Waals surface area (Å²) in [6.45, 7) is 17.9. The van der Waals surface area contributed by atoms with Crippen molar-refractivity contribution in [2.75, 3.05) is 37.6 Å². The van der Waals surface area contributed by atoms with Crippen molar-refractivity contribution in [3.8, 4) is 11.5 Å². The molecule has 2 atom stereocenters. The van der Waals surface area contributed by atoms with E-state index in [-0.39, 0.29) is 0 Å². The second kappa shape index (κ2) is 14.3. The van der Waals surface area contributed by atoms with Crippen LogP contribution in [0.3, 0.4) is 0 Å². The van der Waals surface area contributed by atoms with E-state index >= 15 is 0 Å². The molecule has 9 nitrogen and oxygen atoms in total. The molecule has 264 valence electrons. The van der Waals surface area contributed by atoms with Crippen molar-refractivity contribution in [2.24, 2.45) is 5.92 Å². The second-order valence-corrected chi connectivity index (χ2v) is 15.5. The Bertz CT molecular complexity index is 1860. The smallest absolute Gasteiger partial charge is 0.420 e. The van der Waals surface area contributed by atoms with E-state index < -0.39 is 23.3 Å². The van der Waals surface area contributed by atoms with Crippen molar-refractivity contribution in [1.82, 2.24) is 14.5 Å². The number of hydrogen-bond donors (Lipinski definition) is 0. The summed E-state index contributed by atoms with van der Waals surface area (Å²) >= 11 is 0. The van der Waals surface area contributed by atoms with E-state index in [2.05, 4.69) is 58.1 Å². The van der Waals surface area contributed by atoms with Crippen LogP contribution in [0.1, 0.15) is 81.8 Å². The van der Waals surface area contributed by atoms with Crippen LogP contribution in [0.2, 0.25) is 0 Å². The highest BCUT2D eigenvalue weighted by molar-refractivity contribution is 5.94. The van der Waals surface area contributed by atoms with Gasteiger partial charge in [0.1, 0.15) is 33.9 Å². The number of aryl methyl sites for hydroxylation is 1. The molecule has 9 heteroatoms. The summed E-state index contributed by atoms with van der Waals surface area (Å²) in [5.74, 6) is 1.51. The van der Waals surface area contributed by atoms with Gasteiger partial charge in [0.05, 0.1) is 6.20 Å². The van der Waals surface area contributed by atoms with Crippen LogP contribution in [0.5, 0.6) is 11.5 Å². The topological polar surface area (TPSA) is 86.1 Å². The van der Waals surface area contributed by atoms with Crippen LogP contribution in [-0.2, 0) is 9.47 Å². The molecule has 0 spiro atoms.